The lowest BCUT2D eigenvalue weighted by Gasteiger charge is -2.21. The molecule has 0 unspecified atom stereocenters. The van der Waals surface area contributed by atoms with Crippen molar-refractivity contribution in [2.45, 2.75) is 25.3 Å². The van der Waals surface area contributed by atoms with Crippen molar-refractivity contribution in [3.63, 3.8) is 0 Å². The number of nitrogens with one attached hydrogen (secondary N) is 1. The molecule has 0 saturated carbocycles. The molecule has 0 aliphatic rings. The van der Waals surface area contributed by atoms with E-state index in [2.05, 4.69) is 4.72 Å². The van der Waals surface area contributed by atoms with Gasteiger partial charge in [-0.15, -0.1) is 0 Å². The first kappa shape index (κ1) is 22.6. The zero-order chi connectivity index (χ0) is 22.4. The topological polar surface area (TPSA) is 88.8 Å². The molecule has 1 heterocycles. The van der Waals surface area contributed by atoms with Crippen molar-refractivity contribution < 1.29 is 22.4 Å². The van der Waals surface area contributed by atoms with Gasteiger partial charge in [0.15, 0.2) is 0 Å². The Labute approximate surface area is 182 Å². The van der Waals surface area contributed by atoms with Crippen molar-refractivity contribution in [2.24, 2.45) is 0 Å². The Morgan fingerprint density at radius 1 is 1.06 bits per heavy atom. The minimum Gasteiger partial charge on any atom is -0.467 e. The summed E-state index contributed by atoms with van der Waals surface area (Å²) in [6, 6.07) is 14.9. The van der Waals surface area contributed by atoms with Gasteiger partial charge >= 0.3 is 0 Å². The van der Waals surface area contributed by atoms with Gasteiger partial charge in [-0.25, -0.2) is 8.42 Å². The lowest BCUT2D eigenvalue weighted by atomic mass is 10.1. The summed E-state index contributed by atoms with van der Waals surface area (Å²) in [6.45, 7) is 4.90. The van der Waals surface area contributed by atoms with Crippen molar-refractivity contribution >= 4 is 21.6 Å². The number of hydrogen-bond acceptors (Lipinski definition) is 5. The third-order valence-electron chi connectivity index (χ3n) is 4.95. The quantitative estimate of drug-likeness (QED) is 0.541. The number of anilines is 1. The summed E-state index contributed by atoms with van der Waals surface area (Å²) in [4.78, 5) is 14.8. The van der Waals surface area contributed by atoms with E-state index in [0.717, 1.165) is 11.1 Å². The van der Waals surface area contributed by atoms with Crippen LogP contribution in [0.3, 0.4) is 0 Å². The molecule has 3 rings (SSSR count). The number of nitrogens with zero attached hydrogens (tertiary/aromatic N) is 1. The van der Waals surface area contributed by atoms with E-state index in [-0.39, 0.29) is 10.8 Å². The lowest BCUT2D eigenvalue weighted by Crippen LogP contribution is -2.33. The average Bonchev–Trinajstić information content (AvgIpc) is 3.26. The Kier molecular flexibility index (Phi) is 7.14. The maximum atomic E-state index is 13.0. The van der Waals surface area contributed by atoms with Gasteiger partial charge in [-0.2, -0.15) is 0 Å². The summed E-state index contributed by atoms with van der Waals surface area (Å²) < 4.78 is 38.4. The largest absolute Gasteiger partial charge is 0.467 e. The fourth-order valence-corrected chi connectivity index (χ4v) is 4.15. The number of aryl methyl sites for hydroxylation is 2. The van der Waals surface area contributed by atoms with Gasteiger partial charge in [0.25, 0.3) is 15.9 Å². The average molecular weight is 443 g/mol. The molecule has 0 aliphatic carbocycles. The van der Waals surface area contributed by atoms with Gasteiger partial charge in [-0.05, 0) is 73.5 Å². The number of hydrogen-bond donors (Lipinski definition) is 1. The highest BCUT2D eigenvalue weighted by Gasteiger charge is 2.19. The minimum atomic E-state index is -3.72. The second-order valence-corrected chi connectivity index (χ2v) is 8.91. The van der Waals surface area contributed by atoms with E-state index in [9.17, 15) is 13.2 Å². The van der Waals surface area contributed by atoms with E-state index in [0.29, 0.717) is 36.7 Å². The normalized spacial score (nSPS) is 11.3. The highest BCUT2D eigenvalue weighted by molar-refractivity contribution is 7.92. The second-order valence-electron chi connectivity index (χ2n) is 7.23. The zero-order valence-electron chi connectivity index (χ0n) is 17.8. The third kappa shape index (κ3) is 5.74. The molecule has 3 aromatic rings. The van der Waals surface area contributed by atoms with Crippen LogP contribution in [0.1, 0.15) is 27.2 Å². The summed E-state index contributed by atoms with van der Waals surface area (Å²) in [5.41, 5.74) is 2.74. The van der Waals surface area contributed by atoms with Gasteiger partial charge in [0, 0.05) is 24.9 Å². The molecule has 8 heteroatoms. The van der Waals surface area contributed by atoms with E-state index in [1.807, 2.05) is 13.8 Å². The van der Waals surface area contributed by atoms with Gasteiger partial charge in [0.1, 0.15) is 5.76 Å². The molecular weight excluding hydrogens is 416 g/mol. The van der Waals surface area contributed by atoms with Crippen LogP contribution in [0.5, 0.6) is 0 Å². The van der Waals surface area contributed by atoms with Crippen molar-refractivity contribution in [1.82, 2.24) is 4.90 Å². The Morgan fingerprint density at radius 2 is 1.81 bits per heavy atom. The molecule has 1 aromatic heterocycles. The smallest absolute Gasteiger partial charge is 0.261 e. The molecule has 7 nitrogen and oxygen atoms in total. The molecule has 2 aromatic carbocycles. The SMILES string of the molecule is COCCN(Cc1ccco1)C(=O)c1ccc(NS(=O)(=O)c2ccc(C)c(C)c2)cc1. The van der Waals surface area contributed by atoms with Gasteiger partial charge in [0.2, 0.25) is 0 Å². The Balaban J connectivity index is 1.74. The number of methoxy groups -OCH3 is 1. The van der Waals surface area contributed by atoms with Crippen LogP contribution in [0.2, 0.25) is 0 Å². The molecule has 0 fully saturated rings. The van der Waals surface area contributed by atoms with E-state index in [4.69, 9.17) is 9.15 Å². The predicted octanol–water partition coefficient (Wildman–Crippen LogP) is 3.99. The summed E-state index contributed by atoms with van der Waals surface area (Å²) in [6.07, 6.45) is 1.56. The fourth-order valence-electron chi connectivity index (χ4n) is 3.00. The van der Waals surface area contributed by atoms with Crippen LogP contribution >= 0.6 is 0 Å². The van der Waals surface area contributed by atoms with Gasteiger partial charge in [-0.1, -0.05) is 6.07 Å². The number of sulfonamides is 1. The molecule has 0 bridgehead atoms. The first-order valence-electron chi connectivity index (χ1n) is 9.81. The molecule has 1 N–H and O–H groups in total. The number of rotatable bonds is 9. The number of carbonyl (C=O) groups excluding carboxylic acids is 1. The molecule has 1 amide bonds. The fraction of sp³-hybridized carbons (Fsp3) is 0.261. The Bertz CT molecular complexity index is 1120. The monoisotopic (exact) mass is 442 g/mol. The van der Waals surface area contributed by atoms with Gasteiger partial charge in [0.05, 0.1) is 24.3 Å². The van der Waals surface area contributed by atoms with E-state index < -0.39 is 10.0 Å². The van der Waals surface area contributed by atoms with Crippen LogP contribution in [0, 0.1) is 13.8 Å². The van der Waals surface area contributed by atoms with Gasteiger partial charge in [-0.3, -0.25) is 9.52 Å². The summed E-state index contributed by atoms with van der Waals surface area (Å²) in [5, 5.41) is 0. The molecule has 164 valence electrons. The predicted molar refractivity (Wildman–Crippen MR) is 118 cm³/mol. The lowest BCUT2D eigenvalue weighted by molar-refractivity contribution is 0.0666. The molecule has 0 saturated heterocycles. The molecule has 31 heavy (non-hydrogen) atoms. The van der Waals surface area contributed by atoms with Crippen LogP contribution in [-0.2, 0) is 21.3 Å². The van der Waals surface area contributed by atoms with Crippen molar-refractivity contribution in [3.05, 3.63) is 83.3 Å². The molecule has 0 atom stereocenters. The highest BCUT2D eigenvalue weighted by atomic mass is 32.2. The summed E-state index contributed by atoms with van der Waals surface area (Å²) >= 11 is 0. The first-order chi connectivity index (χ1) is 14.8. The van der Waals surface area contributed by atoms with E-state index in [1.165, 1.54) is 0 Å². The minimum absolute atomic E-state index is 0.194. The molecule has 0 spiro atoms. The number of carbonyl (C=O) groups is 1. The second kappa shape index (κ2) is 9.80. The van der Waals surface area contributed by atoms with Crippen molar-refractivity contribution in [2.75, 3.05) is 25.0 Å². The number of ether oxygens (including phenoxy) is 1. The maximum absolute atomic E-state index is 13.0. The van der Waals surface area contributed by atoms with Crippen molar-refractivity contribution in [1.29, 1.82) is 0 Å². The Morgan fingerprint density at radius 3 is 2.42 bits per heavy atom. The number of amides is 1. The first-order valence-corrected chi connectivity index (χ1v) is 11.3. The van der Waals surface area contributed by atoms with Crippen LogP contribution in [0.4, 0.5) is 5.69 Å². The van der Waals surface area contributed by atoms with Crippen LogP contribution < -0.4 is 4.72 Å². The van der Waals surface area contributed by atoms with E-state index >= 15 is 0 Å². The number of benzene rings is 2. The highest BCUT2D eigenvalue weighted by Crippen LogP contribution is 2.20. The number of furan rings is 1. The Hall–Kier alpha value is -3.10. The summed E-state index contributed by atoms with van der Waals surface area (Å²) in [5.74, 6) is 0.472. The van der Waals surface area contributed by atoms with Crippen LogP contribution in [-0.4, -0.2) is 39.5 Å². The molecule has 0 aliphatic heterocycles. The maximum Gasteiger partial charge on any atom is 0.261 e. The standard InChI is InChI=1S/C23H26N2O5S/c1-17-6-11-22(15-18(17)2)31(27,28)24-20-9-7-19(8-10-20)23(26)25(12-14-29-3)16-21-5-4-13-30-21/h4-11,13,15,24H,12,14,16H2,1-3H3. The van der Waals surface area contributed by atoms with Crippen molar-refractivity contribution in [3.8, 4) is 0 Å². The zero-order valence-corrected chi connectivity index (χ0v) is 18.6. The molecular formula is C23H26N2O5S. The van der Waals surface area contributed by atoms with Crippen LogP contribution in [0.15, 0.2) is 70.2 Å². The van der Waals surface area contributed by atoms with Crippen LogP contribution in [0.25, 0.3) is 0 Å². The third-order valence-corrected chi connectivity index (χ3v) is 6.33. The van der Waals surface area contributed by atoms with Gasteiger partial charge < -0.3 is 14.1 Å². The molecule has 0 radical (unpaired) electrons. The summed E-state index contributed by atoms with van der Waals surface area (Å²) in [7, 11) is -2.15. The van der Waals surface area contributed by atoms with E-state index in [1.54, 1.807) is 72.9 Å².